The van der Waals surface area contributed by atoms with Crippen molar-refractivity contribution in [3.05, 3.63) is 22.2 Å². The van der Waals surface area contributed by atoms with Crippen molar-refractivity contribution in [2.45, 2.75) is 30.8 Å². The number of sulfonamides is 1. The molecule has 0 atom stereocenters. The van der Waals surface area contributed by atoms with Gasteiger partial charge in [0.2, 0.25) is 10.0 Å². The van der Waals surface area contributed by atoms with Gasteiger partial charge in [0.25, 0.3) is 0 Å². The van der Waals surface area contributed by atoms with Gasteiger partial charge in [0.05, 0.1) is 13.2 Å². The molecule has 1 aliphatic rings. The predicted octanol–water partition coefficient (Wildman–Crippen LogP) is 1.96. The molecule has 0 unspecified atom stereocenters. The van der Waals surface area contributed by atoms with Gasteiger partial charge in [-0.2, -0.15) is 0 Å². The van der Waals surface area contributed by atoms with Crippen molar-refractivity contribution in [3.63, 3.8) is 0 Å². The van der Waals surface area contributed by atoms with Gasteiger partial charge >= 0.3 is 0 Å². The van der Waals surface area contributed by atoms with Gasteiger partial charge in [-0.25, -0.2) is 13.6 Å². The quantitative estimate of drug-likeness (QED) is 0.904. The number of nitrogens with two attached hydrogens (primary N) is 1. The molecular formula is C12H16BrNO4S. The summed E-state index contributed by atoms with van der Waals surface area (Å²) in [7, 11) is -3.82. The van der Waals surface area contributed by atoms with E-state index in [2.05, 4.69) is 15.9 Å². The van der Waals surface area contributed by atoms with E-state index in [1.165, 1.54) is 6.07 Å². The second-order valence-electron chi connectivity index (χ2n) is 4.52. The van der Waals surface area contributed by atoms with Crippen molar-refractivity contribution < 1.29 is 17.9 Å². The molecule has 0 saturated carbocycles. The van der Waals surface area contributed by atoms with Crippen LogP contribution in [0.5, 0.6) is 5.75 Å². The molecule has 0 bridgehead atoms. The molecule has 1 heterocycles. The summed E-state index contributed by atoms with van der Waals surface area (Å²) < 4.78 is 35.1. The second kappa shape index (κ2) is 5.78. The first-order chi connectivity index (χ1) is 8.88. The maximum absolute atomic E-state index is 11.7. The topological polar surface area (TPSA) is 78.6 Å². The molecule has 1 aromatic carbocycles. The van der Waals surface area contributed by atoms with Crippen LogP contribution in [-0.4, -0.2) is 27.7 Å². The molecular weight excluding hydrogens is 334 g/mol. The minimum Gasteiger partial charge on any atom is -0.489 e. The fourth-order valence-electron chi connectivity index (χ4n) is 2.02. The monoisotopic (exact) mass is 349 g/mol. The number of halogens is 1. The zero-order valence-corrected chi connectivity index (χ0v) is 13.0. The van der Waals surface area contributed by atoms with Gasteiger partial charge in [-0.3, -0.25) is 0 Å². The molecule has 2 rings (SSSR count). The number of hydrogen-bond donors (Lipinski definition) is 1. The summed E-state index contributed by atoms with van der Waals surface area (Å²) in [6.45, 7) is 3.06. The molecule has 1 fully saturated rings. The molecule has 19 heavy (non-hydrogen) atoms. The predicted molar refractivity (Wildman–Crippen MR) is 74.7 cm³/mol. The first-order valence-electron chi connectivity index (χ1n) is 5.95. The van der Waals surface area contributed by atoms with Crippen LogP contribution in [0.4, 0.5) is 0 Å². The fourth-order valence-corrected chi connectivity index (χ4v) is 3.50. The van der Waals surface area contributed by atoms with Crippen molar-refractivity contribution >= 4 is 26.0 Å². The molecule has 0 amide bonds. The maximum atomic E-state index is 11.7. The minimum absolute atomic E-state index is 0.0193. The van der Waals surface area contributed by atoms with Gasteiger partial charge in [-0.15, -0.1) is 0 Å². The highest BCUT2D eigenvalue weighted by molar-refractivity contribution is 9.10. The standard InChI is InChI=1S/C12H16BrNO4S/c1-8-6-9(13)7-11(19(14,15)16)12(8)18-10-2-4-17-5-3-10/h6-7,10H,2-5H2,1H3,(H2,14,15,16). The molecule has 1 aliphatic heterocycles. The number of rotatable bonds is 3. The number of ether oxygens (including phenoxy) is 2. The lowest BCUT2D eigenvalue weighted by atomic mass is 10.1. The van der Waals surface area contributed by atoms with Crippen LogP contribution in [0.2, 0.25) is 0 Å². The summed E-state index contributed by atoms with van der Waals surface area (Å²) in [6.07, 6.45) is 1.47. The number of benzene rings is 1. The first-order valence-corrected chi connectivity index (χ1v) is 8.29. The van der Waals surface area contributed by atoms with Crippen LogP contribution in [0, 0.1) is 6.92 Å². The number of hydrogen-bond acceptors (Lipinski definition) is 4. The lowest BCUT2D eigenvalue weighted by molar-refractivity contribution is 0.0241. The van der Waals surface area contributed by atoms with Gasteiger partial charge in [-0.05, 0) is 24.6 Å². The van der Waals surface area contributed by atoms with Crippen LogP contribution in [-0.2, 0) is 14.8 Å². The van der Waals surface area contributed by atoms with Gasteiger partial charge in [0, 0.05) is 17.3 Å². The molecule has 7 heteroatoms. The second-order valence-corrected chi connectivity index (χ2v) is 6.97. The lowest BCUT2D eigenvalue weighted by Crippen LogP contribution is -2.27. The number of aryl methyl sites for hydroxylation is 1. The van der Waals surface area contributed by atoms with E-state index in [9.17, 15) is 8.42 Å². The van der Waals surface area contributed by atoms with Crippen LogP contribution >= 0.6 is 15.9 Å². The molecule has 0 aliphatic carbocycles. The molecule has 1 saturated heterocycles. The minimum atomic E-state index is -3.82. The average molecular weight is 350 g/mol. The Balaban J connectivity index is 2.37. The number of primary sulfonamides is 1. The summed E-state index contributed by atoms with van der Waals surface area (Å²) >= 11 is 3.27. The molecule has 5 nitrogen and oxygen atoms in total. The van der Waals surface area contributed by atoms with Crippen LogP contribution in [0.1, 0.15) is 18.4 Å². The Hall–Kier alpha value is -0.630. The largest absolute Gasteiger partial charge is 0.489 e. The summed E-state index contributed by atoms with van der Waals surface area (Å²) in [5.41, 5.74) is 0.741. The maximum Gasteiger partial charge on any atom is 0.241 e. The van der Waals surface area contributed by atoms with Crippen LogP contribution in [0.25, 0.3) is 0 Å². The first kappa shape index (κ1) is 14.8. The van der Waals surface area contributed by atoms with E-state index in [0.29, 0.717) is 23.4 Å². The Morgan fingerprint density at radius 3 is 2.58 bits per heavy atom. The van der Waals surface area contributed by atoms with E-state index in [4.69, 9.17) is 14.6 Å². The van der Waals surface area contributed by atoms with E-state index >= 15 is 0 Å². The highest BCUT2D eigenvalue weighted by Crippen LogP contribution is 2.32. The zero-order chi connectivity index (χ0) is 14.0. The normalized spacial score (nSPS) is 17.4. The van der Waals surface area contributed by atoms with E-state index in [1.807, 2.05) is 6.07 Å². The molecule has 2 N–H and O–H groups in total. The van der Waals surface area contributed by atoms with E-state index in [-0.39, 0.29) is 11.0 Å². The molecule has 1 aromatic rings. The molecule has 0 radical (unpaired) electrons. The highest BCUT2D eigenvalue weighted by Gasteiger charge is 2.23. The average Bonchev–Trinajstić information content (AvgIpc) is 2.32. The van der Waals surface area contributed by atoms with Crippen LogP contribution < -0.4 is 9.88 Å². The van der Waals surface area contributed by atoms with Crippen molar-refractivity contribution in [2.24, 2.45) is 5.14 Å². The van der Waals surface area contributed by atoms with Crippen molar-refractivity contribution in [3.8, 4) is 5.75 Å². The smallest absolute Gasteiger partial charge is 0.241 e. The Bertz CT molecular complexity index is 567. The van der Waals surface area contributed by atoms with Gasteiger partial charge in [0.1, 0.15) is 16.7 Å². The van der Waals surface area contributed by atoms with Crippen molar-refractivity contribution in [2.75, 3.05) is 13.2 Å². The van der Waals surface area contributed by atoms with E-state index < -0.39 is 10.0 Å². The third kappa shape index (κ3) is 3.68. The zero-order valence-electron chi connectivity index (χ0n) is 10.6. The third-order valence-corrected chi connectivity index (χ3v) is 4.34. The Kier molecular flexibility index (Phi) is 4.50. The van der Waals surface area contributed by atoms with Crippen molar-refractivity contribution in [1.29, 1.82) is 0 Å². The van der Waals surface area contributed by atoms with Gasteiger partial charge in [-0.1, -0.05) is 15.9 Å². The van der Waals surface area contributed by atoms with Crippen molar-refractivity contribution in [1.82, 2.24) is 0 Å². The Morgan fingerprint density at radius 2 is 2.00 bits per heavy atom. The van der Waals surface area contributed by atoms with Gasteiger partial charge < -0.3 is 9.47 Å². The van der Waals surface area contributed by atoms with Crippen LogP contribution in [0.3, 0.4) is 0 Å². The Morgan fingerprint density at radius 1 is 1.37 bits per heavy atom. The third-order valence-electron chi connectivity index (χ3n) is 2.96. The molecule has 0 spiro atoms. The fraction of sp³-hybridized carbons (Fsp3) is 0.500. The highest BCUT2D eigenvalue weighted by atomic mass is 79.9. The summed E-state index contributed by atoms with van der Waals surface area (Å²) in [6, 6.07) is 3.28. The van der Waals surface area contributed by atoms with Crippen LogP contribution in [0.15, 0.2) is 21.5 Å². The van der Waals surface area contributed by atoms with E-state index in [1.54, 1.807) is 6.92 Å². The Labute approximate surface area is 121 Å². The van der Waals surface area contributed by atoms with E-state index in [0.717, 1.165) is 18.4 Å². The lowest BCUT2D eigenvalue weighted by Gasteiger charge is -2.25. The SMILES string of the molecule is Cc1cc(Br)cc(S(N)(=O)=O)c1OC1CCOCC1. The molecule has 106 valence electrons. The summed E-state index contributed by atoms with van der Waals surface area (Å²) in [5, 5.41) is 5.25. The summed E-state index contributed by atoms with van der Waals surface area (Å²) in [5.74, 6) is 0.345. The van der Waals surface area contributed by atoms with Gasteiger partial charge in [0.15, 0.2) is 0 Å². The summed E-state index contributed by atoms with van der Waals surface area (Å²) in [4.78, 5) is 0.0193. The molecule has 0 aromatic heterocycles.